The second-order valence-electron chi connectivity index (χ2n) is 6.86. The fourth-order valence-electron chi connectivity index (χ4n) is 3.27. The quantitative estimate of drug-likeness (QED) is 0.735. The van der Waals surface area contributed by atoms with Gasteiger partial charge in [-0.3, -0.25) is 19.5 Å². The van der Waals surface area contributed by atoms with Crippen molar-refractivity contribution in [2.45, 2.75) is 19.3 Å². The number of aromatic amines is 1. The predicted molar refractivity (Wildman–Crippen MR) is 99.9 cm³/mol. The Balaban J connectivity index is 1.69. The maximum Gasteiger partial charge on any atom is 0.272 e. The third-order valence-corrected chi connectivity index (χ3v) is 4.83. The number of hydrogen-bond donors (Lipinski definition) is 2. The highest BCUT2D eigenvalue weighted by molar-refractivity contribution is 6.08. The normalized spacial score (nSPS) is 16.9. The molecule has 1 unspecified atom stereocenters. The van der Waals surface area contributed by atoms with Crippen LogP contribution < -0.4 is 10.9 Å². The van der Waals surface area contributed by atoms with E-state index >= 15 is 0 Å². The van der Waals surface area contributed by atoms with Gasteiger partial charge in [0.05, 0.1) is 5.69 Å². The molecule has 0 saturated carbocycles. The molecule has 0 spiro atoms. The molecule has 1 atom stereocenters. The first-order chi connectivity index (χ1) is 12.9. The fourth-order valence-corrected chi connectivity index (χ4v) is 3.27. The zero-order valence-electron chi connectivity index (χ0n) is 15.0. The van der Waals surface area contributed by atoms with Crippen molar-refractivity contribution < 1.29 is 9.59 Å². The highest BCUT2D eigenvalue weighted by atomic mass is 16.2. The minimum atomic E-state index is -0.360. The Hall–Kier alpha value is -3.42. The van der Waals surface area contributed by atoms with Gasteiger partial charge in [-0.2, -0.15) is 0 Å². The summed E-state index contributed by atoms with van der Waals surface area (Å²) in [5.41, 5.74) is 2.49. The molecule has 0 bridgehead atoms. The number of benzene rings is 1. The van der Waals surface area contributed by atoms with Crippen LogP contribution in [0.4, 0.5) is 5.69 Å². The van der Waals surface area contributed by atoms with Crippen molar-refractivity contribution in [3.63, 3.8) is 0 Å². The van der Waals surface area contributed by atoms with Crippen LogP contribution in [-0.2, 0) is 4.79 Å². The number of carbonyl (C=O) groups excluding carboxylic acids is 2. The van der Waals surface area contributed by atoms with Gasteiger partial charge in [0.25, 0.3) is 11.5 Å². The van der Waals surface area contributed by atoms with Gasteiger partial charge in [0.2, 0.25) is 5.91 Å². The standard InChI is InChI=1S/C19H19N5O3/c1-11-3-5-13(6-4-11)21-19(27)14-9-20-24-17(26)8-15(22-18(14)24)12-7-16(25)23(2)10-12/h3-6,8-9,12,20H,7,10H2,1-2H3,(H,21,27). The van der Waals surface area contributed by atoms with Gasteiger partial charge in [-0.05, 0) is 19.1 Å². The first-order valence-electron chi connectivity index (χ1n) is 8.65. The lowest BCUT2D eigenvalue weighted by atomic mass is 10.0. The molecule has 27 heavy (non-hydrogen) atoms. The van der Waals surface area contributed by atoms with E-state index in [1.807, 2.05) is 31.2 Å². The Morgan fingerprint density at radius 1 is 1.26 bits per heavy atom. The molecule has 1 aliphatic rings. The molecule has 1 saturated heterocycles. The molecule has 8 nitrogen and oxygen atoms in total. The number of H-pyrrole nitrogens is 1. The predicted octanol–water partition coefficient (Wildman–Crippen LogP) is 1.53. The molecule has 1 aromatic carbocycles. The topological polar surface area (TPSA) is 99.6 Å². The average Bonchev–Trinajstić information content (AvgIpc) is 3.21. The van der Waals surface area contributed by atoms with Gasteiger partial charge in [-0.1, -0.05) is 17.7 Å². The summed E-state index contributed by atoms with van der Waals surface area (Å²) in [6.07, 6.45) is 1.78. The number of fused-ring (bicyclic) bond motifs is 1. The van der Waals surface area contributed by atoms with E-state index in [1.165, 1.54) is 16.8 Å². The number of anilines is 1. The molecule has 2 amide bonds. The number of nitrogens with one attached hydrogen (secondary N) is 2. The highest BCUT2D eigenvalue weighted by Crippen LogP contribution is 2.25. The molecular weight excluding hydrogens is 346 g/mol. The molecule has 2 N–H and O–H groups in total. The van der Waals surface area contributed by atoms with Crippen molar-refractivity contribution in [2.24, 2.45) is 0 Å². The first kappa shape index (κ1) is 17.0. The van der Waals surface area contributed by atoms with Crippen molar-refractivity contribution in [2.75, 3.05) is 18.9 Å². The lowest BCUT2D eigenvalue weighted by molar-refractivity contribution is -0.126. The van der Waals surface area contributed by atoms with E-state index in [1.54, 1.807) is 11.9 Å². The van der Waals surface area contributed by atoms with Crippen LogP contribution in [0.3, 0.4) is 0 Å². The largest absolute Gasteiger partial charge is 0.345 e. The van der Waals surface area contributed by atoms with Crippen LogP contribution in [0.1, 0.15) is 34.0 Å². The molecule has 3 heterocycles. The summed E-state index contributed by atoms with van der Waals surface area (Å²) in [5, 5.41) is 5.58. The smallest absolute Gasteiger partial charge is 0.272 e. The van der Waals surface area contributed by atoms with Gasteiger partial charge in [0.15, 0.2) is 5.65 Å². The van der Waals surface area contributed by atoms with Crippen LogP contribution in [0.2, 0.25) is 0 Å². The van der Waals surface area contributed by atoms with Crippen LogP contribution in [0.5, 0.6) is 0 Å². The van der Waals surface area contributed by atoms with Crippen molar-refractivity contribution in [1.29, 1.82) is 0 Å². The van der Waals surface area contributed by atoms with Crippen LogP contribution in [0.25, 0.3) is 5.65 Å². The van der Waals surface area contributed by atoms with Gasteiger partial charge in [0, 0.05) is 43.9 Å². The number of aromatic nitrogens is 3. The molecule has 4 rings (SSSR count). The average molecular weight is 365 g/mol. The van der Waals surface area contributed by atoms with Crippen LogP contribution in [0.15, 0.2) is 41.3 Å². The number of likely N-dealkylation sites (N-methyl/N-ethyl adjacent to an activating group) is 1. The maximum absolute atomic E-state index is 12.7. The number of hydrogen-bond acceptors (Lipinski definition) is 4. The molecule has 1 fully saturated rings. The van der Waals surface area contributed by atoms with Crippen LogP contribution >= 0.6 is 0 Å². The number of rotatable bonds is 3. The third kappa shape index (κ3) is 3.10. The summed E-state index contributed by atoms with van der Waals surface area (Å²) in [6, 6.07) is 8.85. The summed E-state index contributed by atoms with van der Waals surface area (Å²) in [5.74, 6) is -0.488. The van der Waals surface area contributed by atoms with Gasteiger partial charge in [0.1, 0.15) is 5.56 Å². The Kier molecular flexibility index (Phi) is 4.02. The lowest BCUT2D eigenvalue weighted by Gasteiger charge is -2.10. The second-order valence-corrected chi connectivity index (χ2v) is 6.86. The summed E-state index contributed by atoms with van der Waals surface area (Å²) < 4.78 is 1.23. The monoisotopic (exact) mass is 365 g/mol. The Labute approximate surface area is 154 Å². The minimum absolute atomic E-state index is 0.0217. The lowest BCUT2D eigenvalue weighted by Crippen LogP contribution is -2.21. The van der Waals surface area contributed by atoms with Crippen molar-refractivity contribution in [3.05, 3.63) is 63.7 Å². The maximum atomic E-state index is 12.7. The van der Waals surface area contributed by atoms with E-state index in [-0.39, 0.29) is 34.5 Å². The number of amides is 2. The van der Waals surface area contributed by atoms with Crippen molar-refractivity contribution >= 4 is 23.1 Å². The van der Waals surface area contributed by atoms with Gasteiger partial charge in [-0.15, -0.1) is 0 Å². The van der Waals surface area contributed by atoms with E-state index < -0.39 is 0 Å². The SMILES string of the molecule is Cc1ccc(NC(=O)c2c[nH]n3c(=O)cc(C4CC(=O)N(C)C4)nc23)cc1. The molecular formula is C19H19N5O3. The van der Waals surface area contributed by atoms with Gasteiger partial charge < -0.3 is 10.2 Å². The fraction of sp³-hybridized carbons (Fsp3) is 0.263. The zero-order chi connectivity index (χ0) is 19.1. The Bertz CT molecular complexity index is 1100. The Morgan fingerprint density at radius 3 is 2.67 bits per heavy atom. The number of nitrogens with zero attached hydrogens (tertiary/aromatic N) is 3. The summed E-state index contributed by atoms with van der Waals surface area (Å²) in [6.45, 7) is 2.48. The first-order valence-corrected chi connectivity index (χ1v) is 8.65. The summed E-state index contributed by atoms with van der Waals surface area (Å²) >= 11 is 0. The van der Waals surface area contributed by atoms with E-state index in [2.05, 4.69) is 15.4 Å². The number of aryl methyl sites for hydroxylation is 1. The van der Waals surface area contributed by atoms with Crippen LogP contribution in [0, 0.1) is 6.92 Å². The minimum Gasteiger partial charge on any atom is -0.345 e. The van der Waals surface area contributed by atoms with E-state index in [0.29, 0.717) is 24.3 Å². The van der Waals surface area contributed by atoms with Gasteiger partial charge >= 0.3 is 0 Å². The van der Waals surface area contributed by atoms with E-state index in [4.69, 9.17) is 0 Å². The molecule has 138 valence electrons. The van der Waals surface area contributed by atoms with Gasteiger partial charge in [-0.25, -0.2) is 9.50 Å². The van der Waals surface area contributed by atoms with E-state index in [9.17, 15) is 14.4 Å². The van der Waals surface area contributed by atoms with Crippen LogP contribution in [-0.4, -0.2) is 44.9 Å². The van der Waals surface area contributed by atoms with E-state index in [0.717, 1.165) is 5.56 Å². The molecule has 8 heteroatoms. The summed E-state index contributed by atoms with van der Waals surface area (Å²) in [4.78, 5) is 43.0. The molecule has 3 aromatic rings. The molecule has 2 aromatic heterocycles. The zero-order valence-corrected chi connectivity index (χ0v) is 15.0. The van der Waals surface area contributed by atoms with Crippen molar-refractivity contribution in [1.82, 2.24) is 19.5 Å². The summed E-state index contributed by atoms with van der Waals surface area (Å²) in [7, 11) is 1.73. The number of likely N-dealkylation sites (tertiary alicyclic amines) is 1. The third-order valence-electron chi connectivity index (χ3n) is 4.83. The Morgan fingerprint density at radius 2 is 2.00 bits per heavy atom. The highest BCUT2D eigenvalue weighted by Gasteiger charge is 2.30. The van der Waals surface area contributed by atoms with Crippen molar-refractivity contribution in [3.8, 4) is 0 Å². The molecule has 0 radical (unpaired) electrons. The molecule has 1 aliphatic heterocycles. The second kappa shape index (κ2) is 6.39. The number of carbonyl (C=O) groups is 2. The molecule has 0 aliphatic carbocycles.